The van der Waals surface area contributed by atoms with Crippen LogP contribution < -0.4 is 0 Å². The number of hydrogen-bond acceptors (Lipinski definition) is 3. The molecule has 0 radical (unpaired) electrons. The van der Waals surface area contributed by atoms with Gasteiger partial charge in [0.15, 0.2) is 9.84 Å². The predicted octanol–water partition coefficient (Wildman–Crippen LogP) is 1.38. The predicted molar refractivity (Wildman–Crippen MR) is 50.0 cm³/mol. The number of sulfone groups is 1. The molecule has 66 valence electrons. The van der Waals surface area contributed by atoms with Crippen molar-refractivity contribution in [2.75, 3.05) is 6.26 Å². The number of alkyl halides is 1. The van der Waals surface area contributed by atoms with Crippen LogP contribution in [-0.4, -0.2) is 19.7 Å². The topological polar surface area (TPSA) is 47.0 Å². The van der Waals surface area contributed by atoms with E-state index in [1.165, 1.54) is 12.5 Å². The molecule has 0 aliphatic heterocycles. The molecule has 0 aliphatic rings. The van der Waals surface area contributed by atoms with E-state index in [4.69, 9.17) is 0 Å². The monoisotopic (exact) mass is 249 g/mol. The zero-order valence-electron chi connectivity index (χ0n) is 6.49. The van der Waals surface area contributed by atoms with Gasteiger partial charge in [-0.1, -0.05) is 15.9 Å². The second-order valence-electron chi connectivity index (χ2n) is 2.43. The van der Waals surface area contributed by atoms with Crippen molar-refractivity contribution in [3.05, 3.63) is 24.0 Å². The minimum absolute atomic E-state index is 0.263. The van der Waals surface area contributed by atoms with Crippen molar-refractivity contribution < 1.29 is 8.42 Å². The lowest BCUT2D eigenvalue weighted by molar-refractivity contribution is 0.601. The molecule has 3 nitrogen and oxygen atoms in total. The van der Waals surface area contributed by atoms with E-state index in [1.807, 2.05) is 0 Å². The first-order valence-corrected chi connectivity index (χ1v) is 6.25. The molecule has 1 rings (SSSR count). The van der Waals surface area contributed by atoms with E-state index in [-0.39, 0.29) is 4.90 Å². The number of hydrogen-bond donors (Lipinski definition) is 0. The van der Waals surface area contributed by atoms with Crippen molar-refractivity contribution >= 4 is 25.8 Å². The largest absolute Gasteiger partial charge is 0.263 e. The Labute approximate surface area is 79.9 Å². The van der Waals surface area contributed by atoms with E-state index < -0.39 is 9.84 Å². The van der Waals surface area contributed by atoms with E-state index in [2.05, 4.69) is 20.9 Å². The minimum atomic E-state index is -3.12. The molecule has 0 atom stereocenters. The lowest BCUT2D eigenvalue weighted by Gasteiger charge is -1.98. The van der Waals surface area contributed by atoms with Crippen LogP contribution in [0.25, 0.3) is 0 Å². The Balaban J connectivity index is 3.20. The average molecular weight is 250 g/mol. The maximum Gasteiger partial charge on any atom is 0.177 e. The molecule has 0 fully saturated rings. The third kappa shape index (κ3) is 2.28. The van der Waals surface area contributed by atoms with Crippen molar-refractivity contribution in [2.24, 2.45) is 0 Å². The molecule has 0 aliphatic carbocycles. The highest BCUT2D eigenvalue weighted by Crippen LogP contribution is 2.11. The van der Waals surface area contributed by atoms with Gasteiger partial charge in [-0.15, -0.1) is 0 Å². The Morgan fingerprint density at radius 1 is 1.50 bits per heavy atom. The van der Waals surface area contributed by atoms with Gasteiger partial charge in [-0.05, 0) is 11.6 Å². The quantitative estimate of drug-likeness (QED) is 0.745. The first-order valence-electron chi connectivity index (χ1n) is 3.24. The van der Waals surface area contributed by atoms with Crippen LogP contribution in [0.3, 0.4) is 0 Å². The smallest absolute Gasteiger partial charge is 0.177 e. The van der Waals surface area contributed by atoms with Crippen LogP contribution in [0.15, 0.2) is 23.4 Å². The summed E-state index contributed by atoms with van der Waals surface area (Å²) in [5.74, 6) is 0. The molecule has 1 aromatic rings. The molecule has 0 saturated carbocycles. The van der Waals surface area contributed by atoms with Gasteiger partial charge >= 0.3 is 0 Å². The summed E-state index contributed by atoms with van der Waals surface area (Å²) in [6.07, 6.45) is 4.15. The van der Waals surface area contributed by atoms with Crippen LogP contribution in [0.1, 0.15) is 5.56 Å². The number of aromatic nitrogens is 1. The lowest BCUT2D eigenvalue weighted by atomic mass is 10.3. The highest BCUT2D eigenvalue weighted by Gasteiger charge is 2.06. The fourth-order valence-electron chi connectivity index (χ4n) is 0.740. The Morgan fingerprint density at radius 2 is 2.17 bits per heavy atom. The first kappa shape index (κ1) is 9.67. The third-order valence-electron chi connectivity index (χ3n) is 1.35. The van der Waals surface area contributed by atoms with Gasteiger partial charge in [0.25, 0.3) is 0 Å². The molecular formula is C7H8BrNO2S. The van der Waals surface area contributed by atoms with Gasteiger partial charge in [-0.3, -0.25) is 4.98 Å². The molecule has 1 aromatic heterocycles. The molecular weight excluding hydrogens is 242 g/mol. The highest BCUT2D eigenvalue weighted by molar-refractivity contribution is 9.08. The third-order valence-corrected chi connectivity index (χ3v) is 3.08. The number of nitrogens with zero attached hydrogens (tertiary/aromatic N) is 1. The Kier molecular flexibility index (Phi) is 2.85. The summed E-state index contributed by atoms with van der Waals surface area (Å²) in [7, 11) is -3.12. The standard InChI is InChI=1S/C7H8BrNO2S/c1-12(10,11)7-2-6(3-8)4-9-5-7/h2,4-5H,3H2,1H3. The van der Waals surface area contributed by atoms with Crippen LogP contribution >= 0.6 is 15.9 Å². The van der Waals surface area contributed by atoms with E-state index in [9.17, 15) is 8.42 Å². The fourth-order valence-corrected chi connectivity index (χ4v) is 1.66. The fraction of sp³-hybridized carbons (Fsp3) is 0.286. The van der Waals surface area contributed by atoms with E-state index in [1.54, 1.807) is 12.3 Å². The van der Waals surface area contributed by atoms with Crippen LogP contribution in [0.5, 0.6) is 0 Å². The molecule has 0 spiro atoms. The maximum atomic E-state index is 11.0. The van der Waals surface area contributed by atoms with E-state index in [0.717, 1.165) is 5.56 Å². The zero-order valence-corrected chi connectivity index (χ0v) is 8.89. The first-order chi connectivity index (χ1) is 5.54. The van der Waals surface area contributed by atoms with Gasteiger partial charge in [0.1, 0.15) is 0 Å². The van der Waals surface area contributed by atoms with Crippen molar-refractivity contribution in [3.63, 3.8) is 0 Å². The summed E-state index contributed by atoms with van der Waals surface area (Å²) in [4.78, 5) is 4.08. The molecule has 0 aromatic carbocycles. The highest BCUT2D eigenvalue weighted by atomic mass is 79.9. The second kappa shape index (κ2) is 3.53. The molecule has 12 heavy (non-hydrogen) atoms. The lowest BCUT2D eigenvalue weighted by Crippen LogP contribution is -1.98. The van der Waals surface area contributed by atoms with Gasteiger partial charge in [0, 0.05) is 24.0 Å². The summed E-state index contributed by atoms with van der Waals surface area (Å²) in [6, 6.07) is 1.61. The average Bonchev–Trinajstić information content (AvgIpc) is 2.03. The Bertz CT molecular complexity index is 375. The maximum absolute atomic E-state index is 11.0. The van der Waals surface area contributed by atoms with Gasteiger partial charge in [-0.2, -0.15) is 0 Å². The molecule has 0 bridgehead atoms. The summed E-state index contributed by atoms with van der Waals surface area (Å²) >= 11 is 3.22. The van der Waals surface area contributed by atoms with Crippen LogP contribution in [-0.2, 0) is 15.2 Å². The van der Waals surface area contributed by atoms with Gasteiger partial charge in [-0.25, -0.2) is 8.42 Å². The molecule has 0 N–H and O–H groups in total. The van der Waals surface area contributed by atoms with Crippen LogP contribution in [0, 0.1) is 0 Å². The number of rotatable bonds is 2. The van der Waals surface area contributed by atoms with Crippen LogP contribution in [0.4, 0.5) is 0 Å². The molecule has 0 saturated heterocycles. The van der Waals surface area contributed by atoms with Crippen molar-refractivity contribution in [1.29, 1.82) is 0 Å². The number of pyridine rings is 1. The zero-order chi connectivity index (χ0) is 9.19. The molecule has 0 amide bonds. The van der Waals surface area contributed by atoms with Gasteiger partial charge < -0.3 is 0 Å². The van der Waals surface area contributed by atoms with Gasteiger partial charge in [0.05, 0.1) is 4.90 Å². The normalized spacial score (nSPS) is 11.5. The summed E-state index contributed by atoms with van der Waals surface area (Å²) in [5.41, 5.74) is 0.859. The molecule has 1 heterocycles. The summed E-state index contributed by atoms with van der Waals surface area (Å²) in [6.45, 7) is 0. The molecule has 5 heteroatoms. The van der Waals surface area contributed by atoms with E-state index in [0.29, 0.717) is 5.33 Å². The Hall–Kier alpha value is -0.420. The summed E-state index contributed by atoms with van der Waals surface area (Å²) in [5, 5.41) is 0.614. The van der Waals surface area contributed by atoms with Crippen molar-refractivity contribution in [2.45, 2.75) is 10.2 Å². The molecule has 0 unspecified atom stereocenters. The van der Waals surface area contributed by atoms with Crippen molar-refractivity contribution in [1.82, 2.24) is 4.98 Å². The summed E-state index contributed by atoms with van der Waals surface area (Å²) < 4.78 is 22.1. The number of halogens is 1. The SMILES string of the molecule is CS(=O)(=O)c1cncc(CBr)c1. The van der Waals surface area contributed by atoms with E-state index >= 15 is 0 Å². The van der Waals surface area contributed by atoms with Crippen LogP contribution in [0.2, 0.25) is 0 Å². The van der Waals surface area contributed by atoms with Gasteiger partial charge in [0.2, 0.25) is 0 Å². The minimum Gasteiger partial charge on any atom is -0.263 e. The van der Waals surface area contributed by atoms with Crippen molar-refractivity contribution in [3.8, 4) is 0 Å². The second-order valence-corrected chi connectivity index (χ2v) is 5.01. The Morgan fingerprint density at radius 3 is 2.67 bits per heavy atom.